The molecular formula is C14H15N3S. The molecule has 0 aliphatic heterocycles. The summed E-state index contributed by atoms with van der Waals surface area (Å²) >= 11 is 1.75. The fourth-order valence-corrected chi connectivity index (χ4v) is 3.22. The Bertz CT molecular complexity index is 668. The lowest BCUT2D eigenvalue weighted by molar-refractivity contribution is 0.680. The van der Waals surface area contributed by atoms with Crippen molar-refractivity contribution in [3.63, 3.8) is 0 Å². The first-order valence-corrected chi connectivity index (χ1v) is 6.82. The molecule has 0 saturated heterocycles. The van der Waals surface area contributed by atoms with Crippen LogP contribution in [0, 0.1) is 0 Å². The Balaban J connectivity index is 1.90. The van der Waals surface area contributed by atoms with Gasteiger partial charge in [-0.1, -0.05) is 18.2 Å². The third-order valence-electron chi connectivity index (χ3n) is 3.11. The van der Waals surface area contributed by atoms with E-state index < -0.39 is 0 Å². The van der Waals surface area contributed by atoms with Crippen molar-refractivity contribution in [2.45, 2.75) is 12.5 Å². The summed E-state index contributed by atoms with van der Waals surface area (Å²) in [5, 5.41) is 7.82. The summed E-state index contributed by atoms with van der Waals surface area (Å²) in [7, 11) is 1.93. The van der Waals surface area contributed by atoms with Crippen LogP contribution < -0.4 is 5.73 Å². The summed E-state index contributed by atoms with van der Waals surface area (Å²) in [4.78, 5) is 0. The molecule has 0 saturated carbocycles. The fraction of sp³-hybridized carbons (Fsp3) is 0.214. The minimum atomic E-state index is 0.0102. The van der Waals surface area contributed by atoms with Gasteiger partial charge in [-0.2, -0.15) is 5.10 Å². The summed E-state index contributed by atoms with van der Waals surface area (Å²) in [5.41, 5.74) is 8.57. The van der Waals surface area contributed by atoms with Gasteiger partial charge in [0.1, 0.15) is 0 Å². The van der Waals surface area contributed by atoms with E-state index in [0.717, 1.165) is 12.1 Å². The molecule has 0 aliphatic rings. The Morgan fingerprint density at radius 3 is 2.94 bits per heavy atom. The van der Waals surface area contributed by atoms with Gasteiger partial charge < -0.3 is 5.73 Å². The average molecular weight is 257 g/mol. The second-order valence-electron chi connectivity index (χ2n) is 4.48. The highest BCUT2D eigenvalue weighted by Gasteiger charge is 2.13. The molecular weight excluding hydrogens is 242 g/mol. The van der Waals surface area contributed by atoms with Gasteiger partial charge in [0.05, 0.1) is 5.69 Å². The Morgan fingerprint density at radius 1 is 1.33 bits per heavy atom. The molecule has 3 rings (SSSR count). The highest BCUT2D eigenvalue weighted by molar-refractivity contribution is 7.17. The van der Waals surface area contributed by atoms with Crippen LogP contribution in [0.4, 0.5) is 0 Å². The number of benzene rings is 1. The molecule has 1 aromatic carbocycles. The van der Waals surface area contributed by atoms with Crippen LogP contribution in [0.25, 0.3) is 10.1 Å². The number of hydrogen-bond acceptors (Lipinski definition) is 3. The summed E-state index contributed by atoms with van der Waals surface area (Å²) in [6, 6.07) is 10.4. The maximum atomic E-state index is 6.30. The van der Waals surface area contributed by atoms with Crippen molar-refractivity contribution >= 4 is 21.4 Å². The molecule has 2 aromatic heterocycles. The molecule has 2 heterocycles. The molecule has 0 radical (unpaired) electrons. The second kappa shape index (κ2) is 4.55. The molecule has 3 aromatic rings. The van der Waals surface area contributed by atoms with E-state index in [1.807, 2.05) is 24.0 Å². The first kappa shape index (κ1) is 11.4. The van der Waals surface area contributed by atoms with Crippen molar-refractivity contribution in [2.75, 3.05) is 0 Å². The Hall–Kier alpha value is -1.65. The molecule has 0 aliphatic carbocycles. The molecule has 2 N–H and O–H groups in total. The van der Waals surface area contributed by atoms with Gasteiger partial charge in [0.25, 0.3) is 0 Å². The number of nitrogens with zero attached hydrogens (tertiary/aromatic N) is 2. The normalized spacial score (nSPS) is 13.0. The molecule has 0 bridgehead atoms. The van der Waals surface area contributed by atoms with Gasteiger partial charge >= 0.3 is 0 Å². The van der Waals surface area contributed by atoms with Crippen LogP contribution in [0.3, 0.4) is 0 Å². The maximum Gasteiger partial charge on any atom is 0.0643 e. The van der Waals surface area contributed by atoms with E-state index in [2.05, 4.69) is 34.7 Å². The van der Waals surface area contributed by atoms with E-state index in [4.69, 9.17) is 5.73 Å². The van der Waals surface area contributed by atoms with Crippen LogP contribution in [0.1, 0.15) is 17.3 Å². The van der Waals surface area contributed by atoms with Gasteiger partial charge in [-0.3, -0.25) is 4.68 Å². The van der Waals surface area contributed by atoms with Gasteiger partial charge in [0.15, 0.2) is 0 Å². The van der Waals surface area contributed by atoms with Gasteiger partial charge in [-0.15, -0.1) is 11.3 Å². The highest BCUT2D eigenvalue weighted by atomic mass is 32.1. The van der Waals surface area contributed by atoms with Crippen molar-refractivity contribution in [1.29, 1.82) is 0 Å². The quantitative estimate of drug-likeness (QED) is 0.784. The van der Waals surface area contributed by atoms with Crippen molar-refractivity contribution in [2.24, 2.45) is 12.8 Å². The Labute approximate surface area is 110 Å². The molecule has 0 fully saturated rings. The number of thiophene rings is 1. The Kier molecular flexibility index (Phi) is 2.89. The van der Waals surface area contributed by atoms with E-state index in [9.17, 15) is 0 Å². The lowest BCUT2D eigenvalue weighted by atomic mass is 10.0. The number of aryl methyl sites for hydroxylation is 1. The maximum absolute atomic E-state index is 6.30. The highest BCUT2D eigenvalue weighted by Crippen LogP contribution is 2.30. The van der Waals surface area contributed by atoms with Crippen molar-refractivity contribution in [3.05, 3.63) is 53.2 Å². The average Bonchev–Trinajstić information content (AvgIpc) is 2.95. The summed E-state index contributed by atoms with van der Waals surface area (Å²) in [6.07, 6.45) is 2.73. The van der Waals surface area contributed by atoms with Crippen LogP contribution in [-0.2, 0) is 13.5 Å². The van der Waals surface area contributed by atoms with E-state index in [1.54, 1.807) is 11.3 Å². The van der Waals surface area contributed by atoms with Crippen LogP contribution in [0.2, 0.25) is 0 Å². The van der Waals surface area contributed by atoms with Gasteiger partial charge in [-0.05, 0) is 28.5 Å². The first-order valence-electron chi connectivity index (χ1n) is 5.94. The first-order chi connectivity index (χ1) is 8.74. The van der Waals surface area contributed by atoms with Crippen molar-refractivity contribution < 1.29 is 0 Å². The van der Waals surface area contributed by atoms with E-state index in [-0.39, 0.29) is 6.04 Å². The van der Waals surface area contributed by atoms with Gasteiger partial charge in [0.2, 0.25) is 0 Å². The molecule has 1 atom stereocenters. The van der Waals surface area contributed by atoms with E-state index in [1.165, 1.54) is 15.6 Å². The molecule has 92 valence electrons. The minimum absolute atomic E-state index is 0.0102. The van der Waals surface area contributed by atoms with Crippen LogP contribution in [0.5, 0.6) is 0 Å². The molecule has 1 unspecified atom stereocenters. The van der Waals surface area contributed by atoms with Crippen molar-refractivity contribution in [1.82, 2.24) is 9.78 Å². The predicted octanol–water partition coefficient (Wildman–Crippen LogP) is 2.88. The fourth-order valence-electron chi connectivity index (χ4n) is 2.19. The topological polar surface area (TPSA) is 43.8 Å². The van der Waals surface area contributed by atoms with E-state index in [0.29, 0.717) is 0 Å². The minimum Gasteiger partial charge on any atom is -0.324 e. The summed E-state index contributed by atoms with van der Waals surface area (Å²) < 4.78 is 3.11. The second-order valence-corrected chi connectivity index (χ2v) is 5.39. The third kappa shape index (κ3) is 2.05. The number of fused-ring (bicyclic) bond motifs is 1. The summed E-state index contributed by atoms with van der Waals surface area (Å²) in [5.74, 6) is 0. The summed E-state index contributed by atoms with van der Waals surface area (Å²) in [6.45, 7) is 0. The van der Waals surface area contributed by atoms with Crippen LogP contribution in [0.15, 0.2) is 41.9 Å². The number of hydrogen-bond donors (Lipinski definition) is 1. The number of aromatic nitrogens is 2. The molecule has 0 spiro atoms. The molecule has 18 heavy (non-hydrogen) atoms. The lowest BCUT2D eigenvalue weighted by Gasteiger charge is -2.09. The van der Waals surface area contributed by atoms with Gasteiger partial charge in [0, 0.05) is 30.4 Å². The lowest BCUT2D eigenvalue weighted by Crippen LogP contribution is -2.13. The third-order valence-corrected chi connectivity index (χ3v) is 4.09. The Morgan fingerprint density at radius 2 is 2.17 bits per heavy atom. The number of rotatable bonds is 3. The monoisotopic (exact) mass is 257 g/mol. The smallest absolute Gasteiger partial charge is 0.0643 e. The standard InChI is InChI=1S/C14H15N3S/c1-17-7-6-10(16-17)8-13(15)12-9-18-14-5-3-2-4-11(12)14/h2-7,9,13H,8,15H2,1H3. The molecule has 3 nitrogen and oxygen atoms in total. The zero-order valence-electron chi connectivity index (χ0n) is 10.2. The molecule has 0 amide bonds. The SMILES string of the molecule is Cn1ccc(CC(N)c2csc3ccccc23)n1. The van der Waals surface area contributed by atoms with Crippen molar-refractivity contribution in [3.8, 4) is 0 Å². The zero-order chi connectivity index (χ0) is 12.5. The van der Waals surface area contributed by atoms with Crippen LogP contribution >= 0.6 is 11.3 Å². The zero-order valence-corrected chi connectivity index (χ0v) is 11.0. The molecule has 4 heteroatoms. The predicted molar refractivity (Wildman–Crippen MR) is 75.7 cm³/mol. The van der Waals surface area contributed by atoms with E-state index >= 15 is 0 Å². The van der Waals surface area contributed by atoms with Crippen LogP contribution in [-0.4, -0.2) is 9.78 Å². The number of nitrogens with two attached hydrogens (primary N) is 1. The van der Waals surface area contributed by atoms with Gasteiger partial charge in [-0.25, -0.2) is 0 Å². The largest absolute Gasteiger partial charge is 0.324 e.